The van der Waals surface area contributed by atoms with E-state index in [1.807, 2.05) is 6.92 Å². The van der Waals surface area contributed by atoms with Gasteiger partial charge in [0.1, 0.15) is 23.7 Å². The zero-order valence-electron chi connectivity index (χ0n) is 33.3. The molecule has 0 amide bonds. The second-order valence-corrected chi connectivity index (χ2v) is 19.6. The van der Waals surface area contributed by atoms with Crippen LogP contribution in [-0.4, -0.2) is 29.7 Å². The predicted octanol–water partition coefficient (Wildman–Crippen LogP) is 10.3. The lowest BCUT2D eigenvalue weighted by Gasteiger charge is -2.72. The van der Waals surface area contributed by atoms with E-state index in [2.05, 4.69) is 71.3 Å². The molecule has 4 saturated carbocycles. The number of hydrogen-bond acceptors (Lipinski definition) is 6. The van der Waals surface area contributed by atoms with Crippen molar-refractivity contribution in [1.82, 2.24) is 4.98 Å². The molecule has 1 heterocycles. The largest absolute Gasteiger partial charge is 0.475 e. The smallest absolute Gasteiger partial charge is 0.315 e. The first-order valence-corrected chi connectivity index (χ1v) is 20.6. The zero-order chi connectivity index (χ0) is 37.3. The molecule has 0 spiro atoms. The molecule has 0 aromatic carbocycles. The third kappa shape index (κ3) is 5.56. The van der Waals surface area contributed by atoms with E-state index in [-0.39, 0.29) is 34.8 Å². The topological polar surface area (TPSA) is 98.2 Å². The van der Waals surface area contributed by atoms with Crippen LogP contribution in [-0.2, 0) is 9.53 Å². The fourth-order valence-corrected chi connectivity index (χ4v) is 14.2. The van der Waals surface area contributed by atoms with Gasteiger partial charge in [-0.15, -0.1) is 6.58 Å². The van der Waals surface area contributed by atoms with Crippen molar-refractivity contribution >= 4 is 5.97 Å². The van der Waals surface area contributed by atoms with Gasteiger partial charge in [-0.05, 0) is 172 Å². The van der Waals surface area contributed by atoms with Crippen LogP contribution in [0.2, 0.25) is 0 Å². The van der Waals surface area contributed by atoms with Crippen LogP contribution in [0.3, 0.4) is 0 Å². The highest BCUT2D eigenvalue weighted by atomic mass is 16.5. The molecule has 282 valence electrons. The van der Waals surface area contributed by atoms with Gasteiger partial charge in [-0.1, -0.05) is 52.3 Å². The van der Waals surface area contributed by atoms with Gasteiger partial charge in [0.15, 0.2) is 0 Å². The molecular formula is C46H65N3O3. The first-order valence-electron chi connectivity index (χ1n) is 20.6. The Kier molecular flexibility index (Phi) is 9.45. The SMILES string of the molecule is C=C(C)C[C@@H]1CC[C@]2(N)CC[C@]3(C)[C@H](CC[C@@H]4[C@@]5(C)CC=C(C6=CC[C@](COc7ncccc7C#N)(C(=O)OCC)CC6)C(C)(C)[C@@H]5CC[C@]43C)[C@@H]12. The monoisotopic (exact) mass is 708 g/mol. The molecule has 4 fully saturated rings. The average Bonchev–Trinajstić information content (AvgIpc) is 3.43. The highest BCUT2D eigenvalue weighted by Gasteiger charge is 2.70. The first-order chi connectivity index (χ1) is 24.6. The van der Waals surface area contributed by atoms with Crippen molar-refractivity contribution in [3.05, 3.63) is 59.3 Å². The van der Waals surface area contributed by atoms with E-state index in [1.54, 1.807) is 18.3 Å². The zero-order valence-corrected chi connectivity index (χ0v) is 33.3. The van der Waals surface area contributed by atoms with Crippen LogP contribution in [0.25, 0.3) is 0 Å². The van der Waals surface area contributed by atoms with E-state index in [4.69, 9.17) is 15.2 Å². The standard InChI is InChI=1S/C46H65N3O3/c1-9-51-40(50)45(29-52-39-33(28-47)11-10-26-49-39)21-14-31(15-22-45)34-17-19-42(6)36(41(34,4)5)18-20-44(8)37(42)13-12-35-38-32(27-30(2)3)16-23-46(38,48)25-24-43(35,44)7/h10-11,14,17,26,32,35-38H,2,9,12-13,15-16,18-25,27,29,48H2,1,3-8H3/t32-,35+,36-,37+,38+,42-,43+,44+,45-,46-/m0/s1. The van der Waals surface area contributed by atoms with Crippen molar-refractivity contribution < 1.29 is 14.3 Å². The minimum Gasteiger partial charge on any atom is -0.475 e. The number of nitriles is 1. The molecule has 6 aliphatic carbocycles. The Morgan fingerprint density at radius 1 is 1.00 bits per heavy atom. The summed E-state index contributed by atoms with van der Waals surface area (Å²) in [7, 11) is 0. The van der Waals surface area contributed by atoms with E-state index >= 15 is 0 Å². The Bertz CT molecular complexity index is 1700. The van der Waals surface area contributed by atoms with E-state index in [1.165, 1.54) is 68.1 Å². The van der Waals surface area contributed by atoms with Gasteiger partial charge < -0.3 is 15.2 Å². The van der Waals surface area contributed by atoms with Crippen molar-refractivity contribution in [2.24, 2.45) is 62.4 Å². The number of rotatable bonds is 8. The van der Waals surface area contributed by atoms with Crippen LogP contribution >= 0.6 is 0 Å². The molecule has 6 aliphatic rings. The molecule has 10 atom stereocenters. The van der Waals surface area contributed by atoms with Crippen LogP contribution in [0.15, 0.2) is 53.8 Å². The van der Waals surface area contributed by atoms with Crippen molar-refractivity contribution in [1.29, 1.82) is 5.26 Å². The van der Waals surface area contributed by atoms with Crippen LogP contribution in [0.4, 0.5) is 0 Å². The minimum atomic E-state index is -0.803. The summed E-state index contributed by atoms with van der Waals surface area (Å²) < 4.78 is 11.7. The molecule has 6 nitrogen and oxygen atoms in total. The van der Waals surface area contributed by atoms with Crippen LogP contribution in [0.5, 0.6) is 5.88 Å². The number of aromatic nitrogens is 1. The number of pyridine rings is 1. The number of esters is 1. The summed E-state index contributed by atoms with van der Waals surface area (Å²) in [5.41, 5.74) is 12.1. The van der Waals surface area contributed by atoms with Crippen molar-refractivity contribution in [3.8, 4) is 11.9 Å². The second kappa shape index (κ2) is 13.1. The highest BCUT2D eigenvalue weighted by Crippen LogP contribution is 2.76. The van der Waals surface area contributed by atoms with Gasteiger partial charge in [0.25, 0.3) is 0 Å². The Labute approximate surface area is 314 Å². The number of allylic oxidation sites excluding steroid dienone is 5. The Morgan fingerprint density at radius 2 is 1.79 bits per heavy atom. The molecule has 0 unspecified atom stereocenters. The van der Waals surface area contributed by atoms with Gasteiger partial charge in [-0.3, -0.25) is 4.79 Å². The lowest BCUT2D eigenvalue weighted by molar-refractivity contribution is -0.219. The quantitative estimate of drug-likeness (QED) is 0.213. The maximum absolute atomic E-state index is 13.5. The Morgan fingerprint density at radius 3 is 2.48 bits per heavy atom. The van der Waals surface area contributed by atoms with Gasteiger partial charge in [-0.25, -0.2) is 4.98 Å². The normalized spacial score (nSPS) is 41.9. The molecule has 0 aliphatic heterocycles. The molecule has 52 heavy (non-hydrogen) atoms. The predicted molar refractivity (Wildman–Crippen MR) is 207 cm³/mol. The van der Waals surface area contributed by atoms with E-state index in [9.17, 15) is 10.1 Å². The summed E-state index contributed by atoms with van der Waals surface area (Å²) >= 11 is 0. The number of fused-ring (bicyclic) bond motifs is 7. The van der Waals surface area contributed by atoms with Gasteiger partial charge in [-0.2, -0.15) is 5.26 Å². The molecule has 7 rings (SSSR count). The van der Waals surface area contributed by atoms with Gasteiger partial charge >= 0.3 is 5.97 Å². The van der Waals surface area contributed by atoms with Gasteiger partial charge in [0, 0.05) is 11.7 Å². The van der Waals surface area contributed by atoms with E-state index < -0.39 is 5.41 Å². The molecule has 6 heteroatoms. The summed E-state index contributed by atoms with van der Waals surface area (Å²) in [5.74, 6) is 3.39. The third-order valence-corrected chi connectivity index (χ3v) is 16.9. The van der Waals surface area contributed by atoms with E-state index in [0.717, 1.165) is 19.3 Å². The molecule has 0 saturated heterocycles. The minimum absolute atomic E-state index is 0.0157. The summed E-state index contributed by atoms with van der Waals surface area (Å²) in [6.45, 7) is 22.0. The lowest BCUT2D eigenvalue weighted by Crippen LogP contribution is -2.67. The number of carbonyl (C=O) groups excluding carboxylic acids is 1. The maximum atomic E-state index is 13.5. The molecule has 1 aromatic heterocycles. The first kappa shape index (κ1) is 37.4. The van der Waals surface area contributed by atoms with Crippen LogP contribution < -0.4 is 10.5 Å². The fraction of sp³-hybridized carbons (Fsp3) is 0.717. The summed E-state index contributed by atoms with van der Waals surface area (Å²) in [6.07, 6.45) is 21.0. The Balaban J connectivity index is 1.14. The number of nitrogens with zero attached hydrogens (tertiary/aromatic N) is 2. The molecule has 2 N–H and O–H groups in total. The number of ether oxygens (including phenoxy) is 2. The second-order valence-electron chi connectivity index (χ2n) is 19.6. The van der Waals surface area contributed by atoms with Gasteiger partial charge in [0.2, 0.25) is 5.88 Å². The van der Waals surface area contributed by atoms with Crippen molar-refractivity contribution in [3.63, 3.8) is 0 Å². The molecule has 1 aromatic rings. The van der Waals surface area contributed by atoms with Gasteiger partial charge in [0.05, 0.1) is 6.61 Å². The third-order valence-electron chi connectivity index (χ3n) is 16.9. The molecular weight excluding hydrogens is 643 g/mol. The van der Waals surface area contributed by atoms with Crippen LogP contribution in [0, 0.1) is 68.0 Å². The average molecular weight is 708 g/mol. The molecule has 0 radical (unpaired) electrons. The summed E-state index contributed by atoms with van der Waals surface area (Å²) in [5, 5.41) is 9.58. The molecule has 0 bridgehead atoms. The summed E-state index contributed by atoms with van der Waals surface area (Å²) in [6, 6.07) is 5.57. The number of carbonyl (C=O) groups is 1. The summed E-state index contributed by atoms with van der Waals surface area (Å²) in [4.78, 5) is 17.8. The number of nitrogens with two attached hydrogens (primary N) is 1. The fourth-order valence-electron chi connectivity index (χ4n) is 14.2. The highest BCUT2D eigenvalue weighted by molar-refractivity contribution is 5.78. The number of hydrogen-bond donors (Lipinski definition) is 1. The Hall–Kier alpha value is -2.91. The van der Waals surface area contributed by atoms with Crippen molar-refractivity contribution in [2.45, 2.75) is 137 Å². The van der Waals surface area contributed by atoms with Crippen LogP contribution in [0.1, 0.15) is 138 Å². The maximum Gasteiger partial charge on any atom is 0.315 e. The van der Waals surface area contributed by atoms with Crippen molar-refractivity contribution in [2.75, 3.05) is 13.2 Å². The lowest BCUT2D eigenvalue weighted by atomic mass is 9.33. The van der Waals surface area contributed by atoms with E-state index in [0.29, 0.717) is 65.4 Å².